The minimum absolute atomic E-state index is 0.0581. The Morgan fingerprint density at radius 1 is 1.57 bits per heavy atom. The molecule has 2 heterocycles. The van der Waals surface area contributed by atoms with Crippen LogP contribution in [0.15, 0.2) is 35.7 Å². The Hall–Kier alpha value is -3.59. The molecule has 0 bridgehead atoms. The van der Waals surface area contributed by atoms with Gasteiger partial charge in [-0.2, -0.15) is 0 Å². The number of carboxylic acid groups (broad SMARTS) is 1. The Labute approximate surface area is 159 Å². The van der Waals surface area contributed by atoms with Gasteiger partial charge in [0.15, 0.2) is 0 Å². The molecule has 28 heavy (non-hydrogen) atoms. The van der Waals surface area contributed by atoms with Crippen molar-refractivity contribution in [2.75, 3.05) is 18.5 Å². The van der Waals surface area contributed by atoms with Gasteiger partial charge in [0.25, 0.3) is 0 Å². The fourth-order valence-corrected chi connectivity index (χ4v) is 3.28. The summed E-state index contributed by atoms with van der Waals surface area (Å²) < 4.78 is 14.9. The van der Waals surface area contributed by atoms with E-state index in [-0.39, 0.29) is 5.69 Å². The SMILES string of the molecule is CN(C(=O)O)C(c1ccc(N2CCCC(N=[N+]=[N-])C2=O)c(F)c1)c1ncc[nH]1. The van der Waals surface area contributed by atoms with Crippen LogP contribution in [0.2, 0.25) is 0 Å². The minimum Gasteiger partial charge on any atom is -0.465 e. The third-order valence-electron chi connectivity index (χ3n) is 4.65. The lowest BCUT2D eigenvalue weighted by Gasteiger charge is -2.31. The molecule has 1 aliphatic rings. The van der Waals surface area contributed by atoms with E-state index >= 15 is 0 Å². The van der Waals surface area contributed by atoms with Crippen molar-refractivity contribution in [3.05, 3.63) is 58.2 Å². The van der Waals surface area contributed by atoms with E-state index in [2.05, 4.69) is 20.0 Å². The van der Waals surface area contributed by atoms with E-state index in [9.17, 15) is 19.1 Å². The molecule has 0 saturated carbocycles. The van der Waals surface area contributed by atoms with Crippen molar-refractivity contribution in [2.24, 2.45) is 5.11 Å². The monoisotopic (exact) mass is 387 g/mol. The number of piperidine rings is 1. The molecule has 0 spiro atoms. The van der Waals surface area contributed by atoms with Crippen molar-refractivity contribution in [2.45, 2.75) is 24.9 Å². The first kappa shape index (κ1) is 19.2. The Bertz CT molecular complexity index is 927. The summed E-state index contributed by atoms with van der Waals surface area (Å²) in [4.78, 5) is 35.8. The van der Waals surface area contributed by atoms with Gasteiger partial charge < -0.3 is 15.0 Å². The molecule has 2 atom stereocenters. The molecule has 10 nitrogen and oxygen atoms in total. The maximum absolute atomic E-state index is 14.9. The number of imidazole rings is 1. The zero-order chi connectivity index (χ0) is 20.3. The number of aromatic nitrogens is 2. The summed E-state index contributed by atoms with van der Waals surface area (Å²) in [6.45, 7) is 0.309. The number of benzene rings is 1. The summed E-state index contributed by atoms with van der Waals surface area (Å²) in [5, 5.41) is 12.8. The van der Waals surface area contributed by atoms with E-state index in [0.717, 1.165) is 4.90 Å². The first-order valence-corrected chi connectivity index (χ1v) is 8.54. The van der Waals surface area contributed by atoms with Crippen molar-refractivity contribution in [1.82, 2.24) is 14.9 Å². The van der Waals surface area contributed by atoms with Crippen LogP contribution < -0.4 is 4.90 Å². The van der Waals surface area contributed by atoms with Gasteiger partial charge >= 0.3 is 6.09 Å². The zero-order valence-corrected chi connectivity index (χ0v) is 15.0. The number of H-pyrrole nitrogens is 1. The van der Waals surface area contributed by atoms with Crippen LogP contribution in [0.1, 0.15) is 30.3 Å². The number of nitrogens with one attached hydrogen (secondary N) is 1. The maximum atomic E-state index is 14.9. The summed E-state index contributed by atoms with van der Waals surface area (Å²) >= 11 is 0. The van der Waals surface area contributed by atoms with Gasteiger partial charge in [-0.05, 0) is 36.1 Å². The second kappa shape index (κ2) is 7.97. The van der Waals surface area contributed by atoms with E-state index in [4.69, 9.17) is 5.53 Å². The molecule has 2 unspecified atom stereocenters. The molecule has 2 N–H and O–H groups in total. The summed E-state index contributed by atoms with van der Waals surface area (Å²) in [6, 6.07) is 2.46. The van der Waals surface area contributed by atoms with Crippen LogP contribution in [0, 0.1) is 5.82 Å². The van der Waals surface area contributed by atoms with Crippen molar-refractivity contribution >= 4 is 17.7 Å². The molecule has 1 aromatic carbocycles. The summed E-state index contributed by atoms with van der Waals surface area (Å²) in [5.74, 6) is -0.793. The number of rotatable bonds is 5. The number of amides is 2. The first-order chi connectivity index (χ1) is 13.4. The van der Waals surface area contributed by atoms with Crippen LogP contribution in [0.3, 0.4) is 0 Å². The van der Waals surface area contributed by atoms with Crippen LogP contribution in [0.4, 0.5) is 14.9 Å². The van der Waals surface area contributed by atoms with Gasteiger partial charge in [0.1, 0.15) is 23.7 Å². The average molecular weight is 387 g/mol. The smallest absolute Gasteiger partial charge is 0.407 e. The third kappa shape index (κ3) is 3.60. The fraction of sp³-hybridized carbons (Fsp3) is 0.353. The predicted molar refractivity (Wildman–Crippen MR) is 97.1 cm³/mol. The Kier molecular flexibility index (Phi) is 5.46. The molecule has 2 amide bonds. The molecule has 1 saturated heterocycles. The molecule has 1 fully saturated rings. The highest BCUT2D eigenvalue weighted by Gasteiger charge is 2.31. The van der Waals surface area contributed by atoms with E-state index in [1.54, 1.807) is 12.3 Å². The number of halogens is 1. The highest BCUT2D eigenvalue weighted by molar-refractivity contribution is 5.98. The van der Waals surface area contributed by atoms with Crippen LogP contribution >= 0.6 is 0 Å². The normalized spacial score (nSPS) is 17.7. The molecule has 146 valence electrons. The van der Waals surface area contributed by atoms with E-state index < -0.39 is 29.9 Å². The number of carbonyl (C=O) groups is 2. The third-order valence-corrected chi connectivity index (χ3v) is 4.65. The van der Waals surface area contributed by atoms with Gasteiger partial charge in [-0.1, -0.05) is 11.2 Å². The topological polar surface area (TPSA) is 138 Å². The number of aromatic amines is 1. The second-order valence-electron chi connectivity index (χ2n) is 6.33. The summed E-state index contributed by atoms with van der Waals surface area (Å²) in [5.41, 5.74) is 9.00. The van der Waals surface area contributed by atoms with Crippen LogP contribution in [0.5, 0.6) is 0 Å². The lowest BCUT2D eigenvalue weighted by atomic mass is 10.0. The first-order valence-electron chi connectivity index (χ1n) is 8.54. The summed E-state index contributed by atoms with van der Waals surface area (Å²) in [6.07, 6.45) is 2.82. The van der Waals surface area contributed by atoms with Gasteiger partial charge in [-0.3, -0.25) is 9.69 Å². The van der Waals surface area contributed by atoms with E-state index in [0.29, 0.717) is 30.8 Å². The Morgan fingerprint density at radius 3 is 2.96 bits per heavy atom. The highest BCUT2D eigenvalue weighted by atomic mass is 19.1. The van der Waals surface area contributed by atoms with Gasteiger partial charge in [-0.15, -0.1) is 0 Å². The number of carbonyl (C=O) groups excluding carboxylic acids is 1. The molecule has 0 radical (unpaired) electrons. The minimum atomic E-state index is -1.20. The van der Waals surface area contributed by atoms with Crippen LogP contribution in [-0.4, -0.2) is 51.6 Å². The molecular weight excluding hydrogens is 369 g/mol. The molecule has 3 rings (SSSR count). The van der Waals surface area contributed by atoms with Gasteiger partial charge in [0.05, 0.1) is 5.69 Å². The molecule has 0 aliphatic carbocycles. The fourth-order valence-electron chi connectivity index (χ4n) is 3.28. The number of anilines is 1. The molecular formula is C17H18FN7O3. The Balaban J connectivity index is 1.96. The zero-order valence-electron chi connectivity index (χ0n) is 15.0. The molecule has 11 heteroatoms. The van der Waals surface area contributed by atoms with Crippen molar-refractivity contribution in [1.29, 1.82) is 0 Å². The van der Waals surface area contributed by atoms with Crippen molar-refractivity contribution in [3.63, 3.8) is 0 Å². The molecule has 2 aromatic rings. The number of azide groups is 1. The number of hydrogen-bond donors (Lipinski definition) is 2. The number of hydrogen-bond acceptors (Lipinski definition) is 4. The lowest BCUT2D eigenvalue weighted by molar-refractivity contribution is -0.120. The molecule has 1 aromatic heterocycles. The quantitative estimate of drug-likeness (QED) is 0.462. The van der Waals surface area contributed by atoms with Crippen molar-refractivity contribution < 1.29 is 19.1 Å². The van der Waals surface area contributed by atoms with Crippen LogP contribution in [0.25, 0.3) is 10.4 Å². The predicted octanol–water partition coefficient (Wildman–Crippen LogP) is 3.05. The molecule has 1 aliphatic heterocycles. The van der Waals surface area contributed by atoms with Crippen molar-refractivity contribution in [3.8, 4) is 0 Å². The Morgan fingerprint density at radius 2 is 2.36 bits per heavy atom. The largest absolute Gasteiger partial charge is 0.465 e. The van der Waals surface area contributed by atoms with E-state index in [1.165, 1.54) is 30.3 Å². The van der Waals surface area contributed by atoms with Gasteiger partial charge in [0.2, 0.25) is 5.91 Å². The maximum Gasteiger partial charge on any atom is 0.407 e. The average Bonchev–Trinajstić information content (AvgIpc) is 3.18. The van der Waals surface area contributed by atoms with Crippen LogP contribution in [-0.2, 0) is 4.79 Å². The number of nitrogens with zero attached hydrogens (tertiary/aromatic N) is 6. The highest BCUT2D eigenvalue weighted by Crippen LogP contribution is 2.31. The summed E-state index contributed by atoms with van der Waals surface area (Å²) in [7, 11) is 1.36. The lowest BCUT2D eigenvalue weighted by Crippen LogP contribution is -2.43. The second-order valence-corrected chi connectivity index (χ2v) is 6.33. The standard InChI is InChI=1S/C17H18FN7O3/c1-24(17(27)28)14(15-20-6-7-21-15)10-4-5-13(11(18)9-10)25-8-2-3-12(16(25)26)22-23-19/h4-7,9,12,14H,2-3,8H2,1H3,(H,20,21)(H,27,28). The van der Waals surface area contributed by atoms with Gasteiger partial charge in [-0.25, -0.2) is 14.2 Å². The van der Waals surface area contributed by atoms with Gasteiger partial charge in [0, 0.05) is 30.9 Å². The van der Waals surface area contributed by atoms with E-state index in [1.807, 2.05) is 0 Å².